The lowest BCUT2D eigenvalue weighted by Crippen LogP contribution is -2.13. The Morgan fingerprint density at radius 1 is 1.12 bits per heavy atom. The topological polar surface area (TPSA) is 86.5 Å². The first-order chi connectivity index (χ1) is 12.5. The largest absolute Gasteiger partial charge is 0.493 e. The average molecular weight is 361 g/mol. The molecule has 0 fully saturated rings. The van der Waals surface area contributed by atoms with E-state index in [0.717, 1.165) is 12.1 Å². The van der Waals surface area contributed by atoms with Crippen LogP contribution in [0.2, 0.25) is 0 Å². The summed E-state index contributed by atoms with van der Waals surface area (Å²) in [5.74, 6) is -1.77. The minimum Gasteiger partial charge on any atom is -0.493 e. The quantitative estimate of drug-likeness (QED) is 0.750. The fourth-order valence-corrected chi connectivity index (χ4v) is 2.28. The van der Waals surface area contributed by atoms with E-state index >= 15 is 0 Å². The van der Waals surface area contributed by atoms with Gasteiger partial charge in [-0.3, -0.25) is 10.1 Å². The van der Waals surface area contributed by atoms with Crippen LogP contribution in [0.1, 0.15) is 10.4 Å². The summed E-state index contributed by atoms with van der Waals surface area (Å²) in [4.78, 5) is 12.4. The standard InChI is InChI=1S/C17H13F2N3O4/c1-24-13-5-3-4-11(14(13)25-2)15(23)20-17-22-21-16(26-17)10-7-6-9(18)8-12(10)19/h3-8H,1-2H3,(H,20,22,23). The lowest BCUT2D eigenvalue weighted by molar-refractivity contribution is 0.102. The third-order valence-corrected chi connectivity index (χ3v) is 3.45. The summed E-state index contributed by atoms with van der Waals surface area (Å²) in [5, 5.41) is 9.68. The van der Waals surface area contributed by atoms with E-state index in [1.54, 1.807) is 12.1 Å². The summed E-state index contributed by atoms with van der Waals surface area (Å²) in [6, 6.07) is 7.43. The zero-order valence-corrected chi connectivity index (χ0v) is 13.7. The first-order valence-corrected chi connectivity index (χ1v) is 7.34. The Labute approximate surface area is 146 Å². The number of benzene rings is 2. The van der Waals surface area contributed by atoms with Gasteiger partial charge >= 0.3 is 6.01 Å². The predicted octanol–water partition coefficient (Wildman–Crippen LogP) is 3.28. The van der Waals surface area contributed by atoms with Gasteiger partial charge in [-0.1, -0.05) is 11.2 Å². The normalized spacial score (nSPS) is 10.5. The Hall–Kier alpha value is -3.49. The van der Waals surface area contributed by atoms with Crippen LogP contribution >= 0.6 is 0 Å². The van der Waals surface area contributed by atoms with E-state index in [9.17, 15) is 13.6 Å². The summed E-state index contributed by atoms with van der Waals surface area (Å²) < 4.78 is 42.3. The van der Waals surface area contributed by atoms with Gasteiger partial charge in [-0.25, -0.2) is 8.78 Å². The number of hydrogen-bond acceptors (Lipinski definition) is 6. The highest BCUT2D eigenvalue weighted by Gasteiger charge is 2.20. The SMILES string of the molecule is COc1cccc(C(=O)Nc2nnc(-c3ccc(F)cc3F)o2)c1OC. The molecular weight excluding hydrogens is 348 g/mol. The van der Waals surface area contributed by atoms with Crippen molar-refractivity contribution < 1.29 is 27.5 Å². The second kappa shape index (κ2) is 7.18. The minimum atomic E-state index is -0.860. The maximum atomic E-state index is 13.8. The number of hydrogen-bond donors (Lipinski definition) is 1. The number of halogens is 2. The second-order valence-electron chi connectivity index (χ2n) is 5.03. The Balaban J connectivity index is 1.85. The van der Waals surface area contributed by atoms with Crippen LogP contribution in [-0.2, 0) is 0 Å². The fourth-order valence-electron chi connectivity index (χ4n) is 2.28. The van der Waals surface area contributed by atoms with Crippen molar-refractivity contribution in [3.05, 3.63) is 53.6 Å². The van der Waals surface area contributed by atoms with Crippen molar-refractivity contribution in [2.45, 2.75) is 0 Å². The van der Waals surface area contributed by atoms with E-state index < -0.39 is 17.5 Å². The highest BCUT2D eigenvalue weighted by atomic mass is 19.1. The van der Waals surface area contributed by atoms with Gasteiger partial charge in [0.15, 0.2) is 11.5 Å². The van der Waals surface area contributed by atoms with Crippen LogP contribution < -0.4 is 14.8 Å². The number of methoxy groups -OCH3 is 2. The maximum absolute atomic E-state index is 13.8. The van der Waals surface area contributed by atoms with Crippen molar-refractivity contribution in [2.75, 3.05) is 19.5 Å². The zero-order chi connectivity index (χ0) is 18.7. The number of para-hydroxylation sites is 1. The molecule has 0 saturated heterocycles. The molecule has 1 aromatic heterocycles. The van der Waals surface area contributed by atoms with Crippen LogP contribution in [0.25, 0.3) is 11.5 Å². The Kier molecular flexibility index (Phi) is 4.78. The van der Waals surface area contributed by atoms with Crippen LogP contribution in [0, 0.1) is 11.6 Å². The lowest BCUT2D eigenvalue weighted by atomic mass is 10.1. The Morgan fingerprint density at radius 3 is 2.62 bits per heavy atom. The fraction of sp³-hybridized carbons (Fsp3) is 0.118. The lowest BCUT2D eigenvalue weighted by Gasteiger charge is -2.11. The molecule has 0 spiro atoms. The molecule has 0 radical (unpaired) electrons. The van der Waals surface area contributed by atoms with E-state index in [1.807, 2.05) is 0 Å². The number of carbonyl (C=O) groups is 1. The number of nitrogens with one attached hydrogen (secondary N) is 1. The molecule has 0 saturated carbocycles. The van der Waals surface area contributed by atoms with Crippen LogP contribution in [0.5, 0.6) is 11.5 Å². The van der Waals surface area contributed by atoms with Gasteiger partial charge in [-0.2, -0.15) is 0 Å². The van der Waals surface area contributed by atoms with Crippen molar-refractivity contribution >= 4 is 11.9 Å². The first-order valence-electron chi connectivity index (χ1n) is 7.34. The van der Waals surface area contributed by atoms with E-state index in [4.69, 9.17) is 13.9 Å². The molecule has 0 aliphatic carbocycles. The Morgan fingerprint density at radius 2 is 1.92 bits per heavy atom. The number of anilines is 1. The molecule has 7 nitrogen and oxygen atoms in total. The minimum absolute atomic E-state index is 0.0849. The monoisotopic (exact) mass is 361 g/mol. The van der Waals surface area contributed by atoms with Gasteiger partial charge in [-0.15, -0.1) is 5.10 Å². The second-order valence-corrected chi connectivity index (χ2v) is 5.03. The summed E-state index contributed by atoms with van der Waals surface area (Å²) in [5.41, 5.74) is 0.0953. The summed E-state index contributed by atoms with van der Waals surface area (Å²) >= 11 is 0. The summed E-state index contributed by atoms with van der Waals surface area (Å²) in [6.45, 7) is 0. The van der Waals surface area contributed by atoms with E-state index in [2.05, 4.69) is 15.5 Å². The third kappa shape index (κ3) is 3.32. The van der Waals surface area contributed by atoms with Crippen LogP contribution in [0.15, 0.2) is 40.8 Å². The van der Waals surface area contributed by atoms with Gasteiger partial charge in [-0.05, 0) is 24.3 Å². The number of ether oxygens (including phenoxy) is 2. The molecule has 3 aromatic rings. The van der Waals surface area contributed by atoms with Gasteiger partial charge in [0.2, 0.25) is 0 Å². The summed E-state index contributed by atoms with van der Waals surface area (Å²) in [6.07, 6.45) is 0. The molecule has 0 aliphatic rings. The van der Waals surface area contributed by atoms with E-state index in [1.165, 1.54) is 20.3 Å². The molecule has 0 atom stereocenters. The molecular formula is C17H13F2N3O4. The van der Waals surface area contributed by atoms with Crippen molar-refractivity contribution in [2.24, 2.45) is 0 Å². The molecule has 0 bridgehead atoms. The number of rotatable bonds is 5. The molecule has 9 heteroatoms. The average Bonchev–Trinajstić information content (AvgIpc) is 3.08. The van der Waals surface area contributed by atoms with Gasteiger partial charge in [0.25, 0.3) is 11.8 Å². The predicted molar refractivity (Wildman–Crippen MR) is 87.1 cm³/mol. The molecule has 134 valence electrons. The van der Waals surface area contributed by atoms with Gasteiger partial charge < -0.3 is 13.9 Å². The first kappa shape index (κ1) is 17.3. The molecule has 1 N–H and O–H groups in total. The van der Waals surface area contributed by atoms with Gasteiger partial charge in [0.1, 0.15) is 11.6 Å². The van der Waals surface area contributed by atoms with Crippen molar-refractivity contribution in [3.8, 4) is 23.0 Å². The molecule has 3 rings (SSSR count). The van der Waals surface area contributed by atoms with Gasteiger partial charge in [0, 0.05) is 6.07 Å². The number of carbonyl (C=O) groups excluding carboxylic acids is 1. The molecule has 26 heavy (non-hydrogen) atoms. The molecule has 0 unspecified atom stereocenters. The van der Waals surface area contributed by atoms with E-state index in [0.29, 0.717) is 11.8 Å². The number of nitrogens with zero attached hydrogens (tertiary/aromatic N) is 2. The van der Waals surface area contributed by atoms with Crippen LogP contribution in [0.3, 0.4) is 0 Å². The van der Waals surface area contributed by atoms with Gasteiger partial charge in [0.05, 0.1) is 25.3 Å². The highest BCUT2D eigenvalue weighted by Crippen LogP contribution is 2.31. The number of aromatic nitrogens is 2. The smallest absolute Gasteiger partial charge is 0.322 e. The van der Waals surface area contributed by atoms with E-state index in [-0.39, 0.29) is 28.8 Å². The molecule has 0 aliphatic heterocycles. The van der Waals surface area contributed by atoms with Crippen molar-refractivity contribution in [1.29, 1.82) is 0 Å². The molecule has 1 heterocycles. The van der Waals surface area contributed by atoms with Crippen molar-refractivity contribution in [1.82, 2.24) is 10.2 Å². The third-order valence-electron chi connectivity index (χ3n) is 3.45. The number of amides is 1. The zero-order valence-electron chi connectivity index (χ0n) is 13.7. The van der Waals surface area contributed by atoms with Crippen molar-refractivity contribution in [3.63, 3.8) is 0 Å². The maximum Gasteiger partial charge on any atom is 0.322 e. The highest BCUT2D eigenvalue weighted by molar-refractivity contribution is 6.05. The molecule has 1 amide bonds. The van der Waals surface area contributed by atoms with Crippen LogP contribution in [-0.4, -0.2) is 30.3 Å². The van der Waals surface area contributed by atoms with Crippen LogP contribution in [0.4, 0.5) is 14.8 Å². The molecule has 2 aromatic carbocycles. The Bertz CT molecular complexity index is 959. The summed E-state index contributed by atoms with van der Waals surface area (Å²) in [7, 11) is 2.85.